The highest BCUT2D eigenvalue weighted by molar-refractivity contribution is 6.32. The Morgan fingerprint density at radius 2 is 1.94 bits per heavy atom. The molecule has 0 unspecified atom stereocenters. The number of piperazine rings is 1. The van der Waals surface area contributed by atoms with Gasteiger partial charge in [0, 0.05) is 44.0 Å². The van der Waals surface area contributed by atoms with E-state index in [1.165, 1.54) is 12.3 Å². The summed E-state index contributed by atoms with van der Waals surface area (Å²) in [7, 11) is 2.14. The van der Waals surface area contributed by atoms with Crippen molar-refractivity contribution in [1.82, 2.24) is 14.9 Å². The Morgan fingerprint density at radius 3 is 2.68 bits per heavy atom. The molecule has 2 aromatic heterocycles. The smallest absolute Gasteiger partial charge is 0.247 e. The first-order valence-corrected chi connectivity index (χ1v) is 11.3. The van der Waals surface area contributed by atoms with E-state index in [0.29, 0.717) is 33.8 Å². The van der Waals surface area contributed by atoms with Gasteiger partial charge in [-0.15, -0.1) is 0 Å². The Bertz CT molecular complexity index is 1190. The molecule has 0 spiro atoms. The molecular weight excluding hydrogens is 452 g/mol. The molecule has 1 fully saturated rings. The zero-order valence-electron chi connectivity index (χ0n) is 19.2. The molecule has 9 heteroatoms. The van der Waals surface area contributed by atoms with Crippen molar-refractivity contribution in [3.8, 4) is 11.5 Å². The van der Waals surface area contributed by atoms with Crippen molar-refractivity contribution in [2.45, 2.75) is 6.92 Å². The SMILES string of the molecule is C=CC(=O)Nc1cccc(Oc2cc(Nc3ncc(N4CCN(C)CC4)cc3C)ncc2Cl)c1. The number of anilines is 4. The zero-order valence-corrected chi connectivity index (χ0v) is 20.0. The van der Waals surface area contributed by atoms with Crippen LogP contribution in [0.15, 0.2) is 61.4 Å². The van der Waals surface area contributed by atoms with Crippen molar-refractivity contribution in [2.75, 3.05) is 48.8 Å². The molecule has 3 aromatic rings. The van der Waals surface area contributed by atoms with E-state index in [4.69, 9.17) is 16.3 Å². The maximum Gasteiger partial charge on any atom is 0.247 e. The molecule has 8 nitrogen and oxygen atoms in total. The number of benzene rings is 1. The number of carbonyl (C=O) groups excluding carboxylic acids is 1. The van der Waals surface area contributed by atoms with Crippen LogP contribution >= 0.6 is 11.6 Å². The fraction of sp³-hybridized carbons (Fsp3) is 0.240. The number of halogens is 1. The Kier molecular flexibility index (Phi) is 7.30. The van der Waals surface area contributed by atoms with E-state index in [2.05, 4.69) is 50.1 Å². The summed E-state index contributed by atoms with van der Waals surface area (Å²) >= 11 is 6.32. The maximum atomic E-state index is 11.6. The summed E-state index contributed by atoms with van der Waals surface area (Å²) in [6.45, 7) is 9.54. The maximum absolute atomic E-state index is 11.6. The molecule has 0 aliphatic carbocycles. The molecule has 0 bridgehead atoms. The van der Waals surface area contributed by atoms with Gasteiger partial charge in [-0.1, -0.05) is 24.2 Å². The van der Waals surface area contributed by atoms with E-state index >= 15 is 0 Å². The minimum atomic E-state index is -0.299. The number of hydrogen-bond donors (Lipinski definition) is 2. The molecule has 1 aliphatic heterocycles. The van der Waals surface area contributed by atoms with E-state index in [1.807, 2.05) is 13.1 Å². The van der Waals surface area contributed by atoms with Gasteiger partial charge in [-0.05, 0) is 43.8 Å². The minimum absolute atomic E-state index is 0.299. The van der Waals surface area contributed by atoms with Gasteiger partial charge in [0.1, 0.15) is 22.4 Å². The quantitative estimate of drug-likeness (QED) is 0.469. The molecule has 0 saturated carbocycles. The fourth-order valence-corrected chi connectivity index (χ4v) is 3.72. The van der Waals surface area contributed by atoms with Crippen molar-refractivity contribution in [3.05, 3.63) is 72.0 Å². The minimum Gasteiger partial charge on any atom is -0.456 e. The summed E-state index contributed by atoms with van der Waals surface area (Å²) in [6, 6.07) is 10.9. The molecule has 176 valence electrons. The molecule has 34 heavy (non-hydrogen) atoms. The molecule has 2 N–H and O–H groups in total. The van der Waals surface area contributed by atoms with Crippen molar-refractivity contribution in [3.63, 3.8) is 0 Å². The van der Waals surface area contributed by atoms with Gasteiger partial charge < -0.3 is 25.2 Å². The first kappa shape index (κ1) is 23.5. The largest absolute Gasteiger partial charge is 0.456 e. The van der Waals surface area contributed by atoms with Gasteiger partial charge in [-0.25, -0.2) is 9.97 Å². The number of aryl methyl sites for hydroxylation is 1. The number of carbonyl (C=O) groups is 1. The number of rotatable bonds is 7. The van der Waals surface area contributed by atoms with E-state index < -0.39 is 0 Å². The number of ether oxygens (including phenoxy) is 1. The molecule has 3 heterocycles. The van der Waals surface area contributed by atoms with Crippen LogP contribution in [-0.4, -0.2) is 54.0 Å². The lowest BCUT2D eigenvalue weighted by Crippen LogP contribution is -2.44. The number of nitrogens with zero attached hydrogens (tertiary/aromatic N) is 4. The van der Waals surface area contributed by atoms with Crippen molar-refractivity contribution < 1.29 is 9.53 Å². The number of pyridine rings is 2. The highest BCUT2D eigenvalue weighted by atomic mass is 35.5. The van der Waals surface area contributed by atoms with Crippen LogP contribution in [0.2, 0.25) is 5.02 Å². The molecule has 0 radical (unpaired) electrons. The van der Waals surface area contributed by atoms with Crippen LogP contribution in [0, 0.1) is 6.92 Å². The third-order valence-corrected chi connectivity index (χ3v) is 5.80. The lowest BCUT2D eigenvalue weighted by molar-refractivity contribution is -0.111. The van der Waals surface area contributed by atoms with Crippen LogP contribution in [0.25, 0.3) is 0 Å². The summed E-state index contributed by atoms with van der Waals surface area (Å²) in [6.07, 6.45) is 4.62. The molecule has 1 saturated heterocycles. The van der Waals surface area contributed by atoms with Gasteiger partial charge in [0.15, 0.2) is 5.75 Å². The van der Waals surface area contributed by atoms with E-state index in [1.54, 1.807) is 30.3 Å². The molecular formula is C25H27ClN6O2. The predicted octanol–water partition coefficient (Wildman–Crippen LogP) is 4.85. The monoisotopic (exact) mass is 478 g/mol. The van der Waals surface area contributed by atoms with Crippen LogP contribution < -0.4 is 20.3 Å². The Hall–Kier alpha value is -3.62. The molecule has 4 rings (SSSR count). The fourth-order valence-electron chi connectivity index (χ4n) is 3.57. The Labute approximate surface area is 204 Å². The van der Waals surface area contributed by atoms with Gasteiger partial charge in [0.2, 0.25) is 5.91 Å². The van der Waals surface area contributed by atoms with E-state index in [9.17, 15) is 4.79 Å². The standard InChI is InChI=1S/C25H27ClN6O2/c1-4-24(33)29-18-6-5-7-20(13-18)34-22-14-23(27-16-21(22)26)30-25-17(2)12-19(15-28-25)32-10-8-31(3)9-11-32/h4-7,12-16H,1,8-11H2,2-3H3,(H,29,33)(H,27,28,30). The molecule has 1 aromatic carbocycles. The second-order valence-electron chi connectivity index (χ2n) is 8.10. The lowest BCUT2D eigenvalue weighted by Gasteiger charge is -2.34. The highest BCUT2D eigenvalue weighted by Gasteiger charge is 2.16. The third-order valence-electron chi connectivity index (χ3n) is 5.51. The molecule has 1 amide bonds. The van der Waals surface area contributed by atoms with E-state index in [0.717, 1.165) is 37.4 Å². The summed E-state index contributed by atoms with van der Waals surface area (Å²) < 4.78 is 5.96. The van der Waals surface area contributed by atoms with Crippen LogP contribution in [-0.2, 0) is 4.79 Å². The number of aromatic nitrogens is 2. The zero-order chi connectivity index (χ0) is 24.1. The van der Waals surface area contributed by atoms with Crippen LogP contribution in [0.3, 0.4) is 0 Å². The number of hydrogen-bond acceptors (Lipinski definition) is 7. The van der Waals surface area contributed by atoms with Crippen molar-refractivity contribution >= 4 is 40.5 Å². The first-order valence-electron chi connectivity index (χ1n) is 11.0. The highest BCUT2D eigenvalue weighted by Crippen LogP contribution is 2.33. The van der Waals surface area contributed by atoms with Crippen LogP contribution in [0.5, 0.6) is 11.5 Å². The normalized spacial score (nSPS) is 13.9. The van der Waals surface area contributed by atoms with Gasteiger partial charge in [0.25, 0.3) is 0 Å². The van der Waals surface area contributed by atoms with Gasteiger partial charge in [-0.2, -0.15) is 0 Å². The topological polar surface area (TPSA) is 82.6 Å². The van der Waals surface area contributed by atoms with Gasteiger partial charge in [-0.3, -0.25) is 4.79 Å². The van der Waals surface area contributed by atoms with Crippen molar-refractivity contribution in [1.29, 1.82) is 0 Å². The number of likely N-dealkylation sites (N-methyl/N-ethyl adjacent to an activating group) is 1. The number of amides is 1. The van der Waals surface area contributed by atoms with Crippen LogP contribution in [0.4, 0.5) is 23.0 Å². The summed E-state index contributed by atoms with van der Waals surface area (Å²) in [5.41, 5.74) is 2.72. The average Bonchev–Trinajstić information content (AvgIpc) is 2.83. The van der Waals surface area contributed by atoms with Crippen molar-refractivity contribution in [2.24, 2.45) is 0 Å². The predicted molar refractivity (Wildman–Crippen MR) is 137 cm³/mol. The number of nitrogens with one attached hydrogen (secondary N) is 2. The lowest BCUT2D eigenvalue weighted by atomic mass is 10.2. The summed E-state index contributed by atoms with van der Waals surface area (Å²) in [4.78, 5) is 25.2. The molecule has 0 atom stereocenters. The summed E-state index contributed by atoms with van der Waals surface area (Å²) in [5, 5.41) is 6.32. The Morgan fingerprint density at radius 1 is 1.15 bits per heavy atom. The second kappa shape index (κ2) is 10.5. The molecule has 1 aliphatic rings. The Balaban J connectivity index is 1.48. The van der Waals surface area contributed by atoms with Gasteiger partial charge >= 0.3 is 0 Å². The second-order valence-corrected chi connectivity index (χ2v) is 8.50. The van der Waals surface area contributed by atoms with Gasteiger partial charge in [0.05, 0.1) is 18.1 Å². The third kappa shape index (κ3) is 5.84. The average molecular weight is 479 g/mol. The summed E-state index contributed by atoms with van der Waals surface area (Å²) in [5.74, 6) is 1.92. The first-order chi connectivity index (χ1) is 16.4. The van der Waals surface area contributed by atoms with Crippen LogP contribution in [0.1, 0.15) is 5.56 Å². The van der Waals surface area contributed by atoms with E-state index in [-0.39, 0.29) is 5.91 Å².